The van der Waals surface area contributed by atoms with Crippen LogP contribution < -0.4 is 0 Å². The zero-order chi connectivity index (χ0) is 18.9. The molecule has 0 atom stereocenters. The van der Waals surface area contributed by atoms with Gasteiger partial charge in [0, 0.05) is 19.3 Å². The average Bonchev–Trinajstić information content (AvgIpc) is 2.58. The second kappa shape index (κ2) is 6.75. The molecule has 1 N–H and O–H groups in total. The molecule has 0 aromatic carbocycles. The number of carboxylic acid groups (broad SMARTS) is 1. The van der Waals surface area contributed by atoms with Crippen molar-refractivity contribution in [3.05, 3.63) is 29.6 Å². The SMILES string of the molecule is O=C(O)N1CCC2(CC1)CN(Cc1ccc(C(F)(F)F)cn1)C(=O)CO2. The summed E-state index contributed by atoms with van der Waals surface area (Å²) in [6.07, 6.45) is -3.77. The number of rotatable bonds is 2. The molecule has 1 spiro atoms. The van der Waals surface area contributed by atoms with E-state index < -0.39 is 23.4 Å². The first-order valence-electron chi connectivity index (χ1n) is 8.10. The van der Waals surface area contributed by atoms with E-state index in [2.05, 4.69) is 4.98 Å². The number of likely N-dealkylation sites (tertiary alicyclic amines) is 1. The number of ether oxygens (including phenoxy) is 1. The number of morpholine rings is 1. The predicted molar refractivity (Wildman–Crippen MR) is 82.2 cm³/mol. The fourth-order valence-corrected chi connectivity index (χ4v) is 3.22. The number of aromatic nitrogens is 1. The third kappa shape index (κ3) is 3.90. The van der Waals surface area contributed by atoms with Gasteiger partial charge in [-0.3, -0.25) is 9.78 Å². The van der Waals surface area contributed by atoms with Gasteiger partial charge in [-0.15, -0.1) is 0 Å². The Labute approximate surface area is 147 Å². The van der Waals surface area contributed by atoms with Crippen molar-refractivity contribution in [3.63, 3.8) is 0 Å². The molecule has 10 heteroatoms. The van der Waals surface area contributed by atoms with Gasteiger partial charge in [-0.2, -0.15) is 13.2 Å². The summed E-state index contributed by atoms with van der Waals surface area (Å²) in [6.45, 7) is 0.853. The smallest absolute Gasteiger partial charge is 0.417 e. The van der Waals surface area contributed by atoms with Crippen LogP contribution >= 0.6 is 0 Å². The molecule has 142 valence electrons. The molecule has 0 aliphatic carbocycles. The van der Waals surface area contributed by atoms with Gasteiger partial charge in [0.05, 0.1) is 29.9 Å². The Morgan fingerprint density at radius 3 is 2.54 bits per heavy atom. The minimum atomic E-state index is -4.46. The summed E-state index contributed by atoms with van der Waals surface area (Å²) in [5.74, 6) is -0.266. The molecule has 2 aliphatic rings. The third-order valence-corrected chi connectivity index (χ3v) is 4.78. The van der Waals surface area contributed by atoms with Crippen LogP contribution in [0.3, 0.4) is 0 Å². The van der Waals surface area contributed by atoms with E-state index in [9.17, 15) is 22.8 Å². The molecular formula is C16H18F3N3O4. The molecule has 0 unspecified atom stereocenters. The number of piperidine rings is 1. The van der Waals surface area contributed by atoms with Crippen LogP contribution in [0.25, 0.3) is 0 Å². The lowest BCUT2D eigenvalue weighted by atomic mass is 9.89. The van der Waals surface area contributed by atoms with Crippen molar-refractivity contribution >= 4 is 12.0 Å². The Bertz CT molecular complexity index is 685. The van der Waals surface area contributed by atoms with Gasteiger partial charge < -0.3 is 19.6 Å². The normalized spacial score (nSPS) is 20.5. The first kappa shape index (κ1) is 18.4. The van der Waals surface area contributed by atoms with Crippen LogP contribution in [-0.4, -0.2) is 63.7 Å². The quantitative estimate of drug-likeness (QED) is 0.857. The minimum absolute atomic E-state index is 0.0880. The van der Waals surface area contributed by atoms with Gasteiger partial charge in [0.1, 0.15) is 6.61 Å². The Hall–Kier alpha value is -2.36. The topological polar surface area (TPSA) is 83.0 Å². The highest BCUT2D eigenvalue weighted by Gasteiger charge is 2.43. The van der Waals surface area contributed by atoms with Crippen LogP contribution in [-0.2, 0) is 22.3 Å². The standard InChI is InChI=1S/C16H18F3N3O4/c17-16(18,19)11-1-2-12(20-7-11)8-22-10-15(26-9-13(22)23)3-5-21(6-4-15)14(24)25/h1-2,7H,3-6,8-10H2,(H,24,25). The average molecular weight is 373 g/mol. The van der Waals surface area contributed by atoms with E-state index >= 15 is 0 Å². The van der Waals surface area contributed by atoms with Crippen molar-refractivity contribution in [1.82, 2.24) is 14.8 Å². The predicted octanol–water partition coefficient (Wildman–Crippen LogP) is 1.97. The van der Waals surface area contributed by atoms with Gasteiger partial charge in [-0.25, -0.2) is 4.79 Å². The lowest BCUT2D eigenvalue weighted by Gasteiger charge is -2.46. The number of hydrogen-bond donors (Lipinski definition) is 1. The van der Waals surface area contributed by atoms with E-state index in [1.165, 1.54) is 15.9 Å². The number of hydrogen-bond acceptors (Lipinski definition) is 4. The van der Waals surface area contributed by atoms with Gasteiger partial charge in [0.15, 0.2) is 0 Å². The van der Waals surface area contributed by atoms with Crippen LogP contribution in [0.2, 0.25) is 0 Å². The number of amides is 2. The van der Waals surface area contributed by atoms with Crippen molar-refractivity contribution in [2.45, 2.75) is 31.2 Å². The molecule has 7 nitrogen and oxygen atoms in total. The lowest BCUT2D eigenvalue weighted by molar-refractivity contribution is -0.171. The molecule has 26 heavy (non-hydrogen) atoms. The summed E-state index contributed by atoms with van der Waals surface area (Å²) < 4.78 is 43.5. The molecule has 0 bridgehead atoms. The fourth-order valence-electron chi connectivity index (χ4n) is 3.22. The second-order valence-electron chi connectivity index (χ2n) is 6.53. The largest absolute Gasteiger partial charge is 0.465 e. The summed E-state index contributed by atoms with van der Waals surface area (Å²) in [4.78, 5) is 29.7. The Morgan fingerprint density at radius 2 is 2.00 bits per heavy atom. The van der Waals surface area contributed by atoms with Gasteiger partial charge in [0.2, 0.25) is 5.91 Å². The summed E-state index contributed by atoms with van der Waals surface area (Å²) in [5, 5.41) is 9.03. The van der Waals surface area contributed by atoms with Crippen molar-refractivity contribution in [2.24, 2.45) is 0 Å². The molecule has 0 radical (unpaired) electrons. The molecule has 2 fully saturated rings. The number of carbonyl (C=O) groups excluding carboxylic acids is 1. The summed E-state index contributed by atoms with van der Waals surface area (Å²) in [6, 6.07) is 2.19. The van der Waals surface area contributed by atoms with Crippen molar-refractivity contribution < 1.29 is 32.6 Å². The van der Waals surface area contributed by atoms with Gasteiger partial charge in [-0.1, -0.05) is 0 Å². The molecule has 3 heterocycles. The molecular weight excluding hydrogens is 355 g/mol. The van der Waals surface area contributed by atoms with E-state index in [0.717, 1.165) is 12.3 Å². The van der Waals surface area contributed by atoms with Crippen LogP contribution in [0.1, 0.15) is 24.1 Å². The summed E-state index contributed by atoms with van der Waals surface area (Å²) in [7, 11) is 0. The van der Waals surface area contributed by atoms with Crippen molar-refractivity contribution in [1.29, 1.82) is 0 Å². The molecule has 1 aromatic rings. The number of pyridine rings is 1. The molecule has 2 saturated heterocycles. The highest BCUT2D eigenvalue weighted by Crippen LogP contribution is 2.32. The lowest BCUT2D eigenvalue weighted by Crippen LogP contribution is -2.58. The second-order valence-corrected chi connectivity index (χ2v) is 6.53. The summed E-state index contributed by atoms with van der Waals surface area (Å²) >= 11 is 0. The van der Waals surface area contributed by atoms with E-state index in [-0.39, 0.29) is 25.6 Å². The first-order valence-corrected chi connectivity index (χ1v) is 8.10. The maximum Gasteiger partial charge on any atom is 0.417 e. The maximum absolute atomic E-state index is 12.6. The first-order chi connectivity index (χ1) is 12.2. The van der Waals surface area contributed by atoms with Crippen LogP contribution in [0.15, 0.2) is 18.3 Å². The zero-order valence-corrected chi connectivity index (χ0v) is 13.8. The van der Waals surface area contributed by atoms with Gasteiger partial charge in [0.25, 0.3) is 0 Å². The van der Waals surface area contributed by atoms with Gasteiger partial charge >= 0.3 is 12.3 Å². The van der Waals surface area contributed by atoms with E-state index in [0.29, 0.717) is 31.6 Å². The van der Waals surface area contributed by atoms with E-state index in [1.54, 1.807) is 0 Å². The molecule has 2 amide bonds. The Kier molecular flexibility index (Phi) is 4.78. The highest BCUT2D eigenvalue weighted by atomic mass is 19.4. The Morgan fingerprint density at radius 1 is 1.31 bits per heavy atom. The van der Waals surface area contributed by atoms with Crippen LogP contribution in [0.4, 0.5) is 18.0 Å². The minimum Gasteiger partial charge on any atom is -0.465 e. The Balaban J connectivity index is 1.66. The van der Waals surface area contributed by atoms with Gasteiger partial charge in [-0.05, 0) is 25.0 Å². The highest BCUT2D eigenvalue weighted by molar-refractivity contribution is 5.78. The van der Waals surface area contributed by atoms with Crippen molar-refractivity contribution in [2.75, 3.05) is 26.2 Å². The number of carbonyl (C=O) groups is 2. The fraction of sp³-hybridized carbons (Fsp3) is 0.562. The van der Waals surface area contributed by atoms with Crippen LogP contribution in [0, 0.1) is 0 Å². The third-order valence-electron chi connectivity index (χ3n) is 4.78. The molecule has 3 rings (SSSR count). The number of alkyl halides is 3. The van der Waals surface area contributed by atoms with Crippen LogP contribution in [0.5, 0.6) is 0 Å². The van der Waals surface area contributed by atoms with E-state index in [4.69, 9.17) is 9.84 Å². The number of nitrogens with zero attached hydrogens (tertiary/aromatic N) is 3. The van der Waals surface area contributed by atoms with Crippen molar-refractivity contribution in [3.8, 4) is 0 Å². The maximum atomic E-state index is 12.6. The molecule has 1 aromatic heterocycles. The number of halogens is 3. The zero-order valence-electron chi connectivity index (χ0n) is 13.8. The van der Waals surface area contributed by atoms with E-state index in [1.807, 2.05) is 0 Å². The molecule has 2 aliphatic heterocycles. The monoisotopic (exact) mass is 373 g/mol. The summed E-state index contributed by atoms with van der Waals surface area (Å²) in [5.41, 5.74) is -1.11. The molecule has 0 saturated carbocycles.